The number of carbonyl (C=O) groups is 1. The Morgan fingerprint density at radius 2 is 2.33 bits per heavy atom. The van der Waals surface area contributed by atoms with Crippen molar-refractivity contribution >= 4 is 37.8 Å². The quantitative estimate of drug-likeness (QED) is 0.618. The molecule has 1 aliphatic heterocycles. The van der Waals surface area contributed by atoms with Crippen molar-refractivity contribution in [1.29, 1.82) is 0 Å². The zero-order chi connectivity index (χ0) is 6.85. The molecule has 0 radical (unpaired) electrons. The summed E-state index contributed by atoms with van der Waals surface area (Å²) < 4.78 is 5.33. The van der Waals surface area contributed by atoms with Gasteiger partial charge in [-0.2, -0.15) is 0 Å². The lowest BCUT2D eigenvalue weighted by atomic mass is 10.5. The maximum absolute atomic E-state index is 10.4. The molecular weight excluding hydrogens is 252 g/mol. The van der Waals surface area contributed by atoms with Crippen LogP contribution in [-0.4, -0.2) is 5.97 Å². The average Bonchev–Trinajstić information content (AvgIpc) is 2.10. The molecule has 0 aromatic carbocycles. The van der Waals surface area contributed by atoms with Gasteiger partial charge < -0.3 is 4.74 Å². The molecule has 0 aromatic heterocycles. The molecule has 0 N–H and O–H groups in total. The van der Waals surface area contributed by atoms with Gasteiger partial charge in [0.15, 0.2) is 5.76 Å². The van der Waals surface area contributed by atoms with Crippen molar-refractivity contribution in [1.82, 2.24) is 0 Å². The molecule has 9 heavy (non-hydrogen) atoms. The third-order valence-corrected chi connectivity index (χ3v) is 1.83. The van der Waals surface area contributed by atoms with Gasteiger partial charge in [-0.3, -0.25) is 0 Å². The molecule has 1 rings (SSSR count). The highest BCUT2D eigenvalue weighted by atomic mass is 79.9. The van der Waals surface area contributed by atoms with Gasteiger partial charge in [0, 0.05) is 11.1 Å². The van der Waals surface area contributed by atoms with Gasteiger partial charge in [-0.05, 0) is 15.9 Å². The standard InChI is InChI=1S/C5H2Br2O2/c6-2-4-3(7)1-5(8)9-4/h1-2H. The van der Waals surface area contributed by atoms with Crippen molar-refractivity contribution < 1.29 is 9.53 Å². The monoisotopic (exact) mass is 252 g/mol. The van der Waals surface area contributed by atoms with Crippen molar-refractivity contribution in [3.8, 4) is 0 Å². The molecule has 0 aliphatic carbocycles. The Hall–Kier alpha value is -0.0900. The van der Waals surface area contributed by atoms with Crippen molar-refractivity contribution in [2.45, 2.75) is 0 Å². The molecule has 0 unspecified atom stereocenters. The lowest BCUT2D eigenvalue weighted by molar-refractivity contribution is -0.132. The molecule has 0 atom stereocenters. The van der Waals surface area contributed by atoms with E-state index < -0.39 is 0 Å². The molecule has 4 heteroatoms. The van der Waals surface area contributed by atoms with Crippen LogP contribution >= 0.6 is 31.9 Å². The lowest BCUT2D eigenvalue weighted by Gasteiger charge is -1.91. The van der Waals surface area contributed by atoms with Crippen LogP contribution in [0.5, 0.6) is 0 Å². The predicted molar refractivity (Wildman–Crippen MR) is 40.1 cm³/mol. The Kier molecular flexibility index (Phi) is 2.08. The number of esters is 1. The largest absolute Gasteiger partial charge is 0.422 e. The summed E-state index contributed by atoms with van der Waals surface area (Å²) >= 11 is 6.16. The molecule has 1 heterocycles. The summed E-state index contributed by atoms with van der Waals surface area (Å²) in [7, 11) is 0. The highest BCUT2D eigenvalue weighted by Gasteiger charge is 2.16. The van der Waals surface area contributed by atoms with Gasteiger partial charge in [-0.15, -0.1) is 0 Å². The zero-order valence-corrected chi connectivity index (χ0v) is 7.40. The molecule has 0 aromatic rings. The molecule has 48 valence electrons. The minimum Gasteiger partial charge on any atom is -0.422 e. The van der Waals surface area contributed by atoms with Crippen molar-refractivity contribution in [2.75, 3.05) is 0 Å². The number of hydrogen-bond acceptors (Lipinski definition) is 2. The SMILES string of the molecule is O=C1C=C(Br)C(=CBr)O1. The number of halogens is 2. The summed E-state index contributed by atoms with van der Waals surface area (Å²) in [5.74, 6) is 0.174. The van der Waals surface area contributed by atoms with E-state index in [0.717, 1.165) is 0 Å². The molecule has 1 aliphatic rings. The first kappa shape index (κ1) is 7.02. The molecule has 0 fully saturated rings. The fourth-order valence-electron chi connectivity index (χ4n) is 0.436. The molecule has 0 spiro atoms. The highest BCUT2D eigenvalue weighted by molar-refractivity contribution is 9.12. The minimum atomic E-state index is -0.340. The summed E-state index contributed by atoms with van der Waals surface area (Å²) in [5.41, 5.74) is 0. The molecule has 0 saturated carbocycles. The smallest absolute Gasteiger partial charge is 0.337 e. The van der Waals surface area contributed by atoms with E-state index in [0.29, 0.717) is 10.2 Å². The van der Waals surface area contributed by atoms with Crippen molar-refractivity contribution in [3.05, 3.63) is 21.3 Å². The lowest BCUT2D eigenvalue weighted by Crippen LogP contribution is -1.88. The van der Waals surface area contributed by atoms with Crippen LogP contribution in [0.25, 0.3) is 0 Å². The van der Waals surface area contributed by atoms with E-state index in [-0.39, 0.29) is 5.97 Å². The van der Waals surface area contributed by atoms with Gasteiger partial charge >= 0.3 is 5.97 Å². The van der Waals surface area contributed by atoms with Crippen LogP contribution in [0.2, 0.25) is 0 Å². The first-order chi connectivity index (χ1) is 4.24. The fourth-order valence-corrected chi connectivity index (χ4v) is 1.47. The molecule has 0 saturated heterocycles. The van der Waals surface area contributed by atoms with Gasteiger partial charge in [0.1, 0.15) is 0 Å². The first-order valence-electron chi connectivity index (χ1n) is 2.14. The average molecular weight is 254 g/mol. The van der Waals surface area contributed by atoms with Crippen molar-refractivity contribution in [3.63, 3.8) is 0 Å². The van der Waals surface area contributed by atoms with Crippen LogP contribution in [0.15, 0.2) is 21.3 Å². The van der Waals surface area contributed by atoms with Crippen LogP contribution in [0.1, 0.15) is 0 Å². The maximum Gasteiger partial charge on any atom is 0.337 e. The van der Waals surface area contributed by atoms with Gasteiger partial charge in [-0.25, -0.2) is 4.79 Å². The Balaban J connectivity index is 2.89. The second kappa shape index (κ2) is 2.66. The van der Waals surface area contributed by atoms with E-state index in [1.54, 1.807) is 4.99 Å². The van der Waals surface area contributed by atoms with E-state index in [1.807, 2.05) is 0 Å². The fraction of sp³-hybridized carbons (Fsp3) is 0. The number of ether oxygens (including phenoxy) is 1. The van der Waals surface area contributed by atoms with E-state index in [1.165, 1.54) is 6.08 Å². The number of hydrogen-bond donors (Lipinski definition) is 0. The normalized spacial score (nSPS) is 22.2. The summed E-state index contributed by atoms with van der Waals surface area (Å²) in [6.45, 7) is 0. The van der Waals surface area contributed by atoms with E-state index >= 15 is 0 Å². The second-order valence-corrected chi connectivity index (χ2v) is 2.70. The van der Waals surface area contributed by atoms with Gasteiger partial charge in [0.25, 0.3) is 0 Å². The van der Waals surface area contributed by atoms with E-state index in [4.69, 9.17) is 0 Å². The minimum absolute atomic E-state index is 0.340. The Morgan fingerprint density at radius 3 is 2.56 bits per heavy atom. The highest BCUT2D eigenvalue weighted by Crippen LogP contribution is 2.25. The molecular formula is C5H2Br2O2. The van der Waals surface area contributed by atoms with Crippen LogP contribution in [-0.2, 0) is 9.53 Å². The van der Waals surface area contributed by atoms with E-state index in [2.05, 4.69) is 36.6 Å². The topological polar surface area (TPSA) is 26.3 Å². The summed E-state index contributed by atoms with van der Waals surface area (Å²) in [6.07, 6.45) is 1.37. The summed E-state index contributed by atoms with van der Waals surface area (Å²) in [5, 5.41) is 0. The maximum atomic E-state index is 10.4. The molecule has 2 nitrogen and oxygen atoms in total. The molecule has 0 bridgehead atoms. The van der Waals surface area contributed by atoms with E-state index in [9.17, 15) is 4.79 Å². The summed E-state index contributed by atoms with van der Waals surface area (Å²) in [6, 6.07) is 0. The first-order valence-corrected chi connectivity index (χ1v) is 3.84. The molecule has 0 amide bonds. The number of carbonyl (C=O) groups excluding carboxylic acids is 1. The van der Waals surface area contributed by atoms with Crippen LogP contribution < -0.4 is 0 Å². The van der Waals surface area contributed by atoms with Crippen molar-refractivity contribution in [2.24, 2.45) is 0 Å². The van der Waals surface area contributed by atoms with Gasteiger partial charge in [-0.1, -0.05) is 15.9 Å². The zero-order valence-electron chi connectivity index (χ0n) is 4.23. The van der Waals surface area contributed by atoms with Crippen LogP contribution in [0, 0.1) is 0 Å². The number of rotatable bonds is 0. The Morgan fingerprint density at radius 1 is 1.67 bits per heavy atom. The predicted octanol–water partition coefficient (Wildman–Crippen LogP) is 2.06. The third-order valence-electron chi connectivity index (χ3n) is 0.790. The third kappa shape index (κ3) is 1.43. The number of cyclic esters (lactones) is 1. The Bertz CT molecular complexity index is 205. The Labute approximate surface area is 68.8 Å². The number of allylic oxidation sites excluding steroid dienone is 1. The second-order valence-electron chi connectivity index (χ2n) is 1.39. The van der Waals surface area contributed by atoms with Gasteiger partial charge in [0.2, 0.25) is 0 Å². The van der Waals surface area contributed by atoms with Crippen LogP contribution in [0.3, 0.4) is 0 Å². The van der Waals surface area contributed by atoms with Gasteiger partial charge in [0.05, 0.1) is 4.48 Å². The van der Waals surface area contributed by atoms with Crippen LogP contribution in [0.4, 0.5) is 0 Å². The summed E-state index contributed by atoms with van der Waals surface area (Å²) in [4.78, 5) is 12.0.